The van der Waals surface area contributed by atoms with E-state index in [4.69, 9.17) is 19.9 Å². The van der Waals surface area contributed by atoms with Crippen LogP contribution < -0.4 is 15.5 Å². The van der Waals surface area contributed by atoms with Crippen molar-refractivity contribution in [3.8, 4) is 0 Å². The lowest BCUT2D eigenvalue weighted by Gasteiger charge is -2.21. The number of alkyl carbamates (subject to hydrolysis) is 1. The molecular weight excluding hydrogens is 586 g/mol. The fraction of sp³-hybridized carbons (Fsp3) is 0.353. The van der Waals surface area contributed by atoms with Gasteiger partial charge in [-0.25, -0.2) is 14.8 Å². The number of esters is 1. The van der Waals surface area contributed by atoms with Gasteiger partial charge in [-0.05, 0) is 73.4 Å². The van der Waals surface area contributed by atoms with Crippen LogP contribution in [0.5, 0.6) is 0 Å². The Morgan fingerprint density at radius 2 is 1.74 bits per heavy atom. The fourth-order valence-electron chi connectivity index (χ4n) is 4.51. The van der Waals surface area contributed by atoms with Gasteiger partial charge in [0.15, 0.2) is 0 Å². The number of ether oxygens (including phenoxy) is 2. The molecule has 242 valence electrons. The molecule has 0 bridgehead atoms. The van der Waals surface area contributed by atoms with E-state index in [1.807, 2.05) is 36.7 Å². The number of hydrogen-bond acceptors (Lipinski definition) is 9. The van der Waals surface area contributed by atoms with E-state index < -0.39 is 6.09 Å². The van der Waals surface area contributed by atoms with E-state index in [0.29, 0.717) is 41.5 Å². The third-order valence-corrected chi connectivity index (χ3v) is 7.70. The summed E-state index contributed by atoms with van der Waals surface area (Å²) in [6, 6.07) is 17.7. The van der Waals surface area contributed by atoms with Gasteiger partial charge in [0.05, 0.1) is 37.2 Å². The van der Waals surface area contributed by atoms with Gasteiger partial charge in [0, 0.05) is 36.6 Å². The van der Waals surface area contributed by atoms with Gasteiger partial charge < -0.3 is 19.4 Å². The Balaban J connectivity index is 1.40. The number of amidine groups is 1. The topological polar surface area (TPSA) is 152 Å². The van der Waals surface area contributed by atoms with Gasteiger partial charge >= 0.3 is 12.1 Å². The number of aryl methyl sites for hydroxylation is 1. The lowest BCUT2D eigenvalue weighted by atomic mass is 9.99. The lowest BCUT2D eigenvalue weighted by Crippen LogP contribution is -2.34. The summed E-state index contributed by atoms with van der Waals surface area (Å²) in [6.07, 6.45) is 0.996. The predicted octanol–water partition coefficient (Wildman–Crippen LogP) is 5.52. The molecule has 46 heavy (non-hydrogen) atoms. The highest BCUT2D eigenvalue weighted by atomic mass is 16.5. The molecule has 0 aliphatic rings. The second-order valence-electron chi connectivity index (χ2n) is 11.2. The normalized spacial score (nSPS) is 11.6. The van der Waals surface area contributed by atoms with Gasteiger partial charge in [-0.3, -0.25) is 25.2 Å². The molecule has 2 aromatic carbocycles. The first kappa shape index (κ1) is 33.6. The Morgan fingerprint density at radius 1 is 1.00 bits per heavy atom. The third-order valence-electron chi connectivity index (χ3n) is 7.70. The van der Waals surface area contributed by atoms with E-state index in [-0.39, 0.29) is 43.2 Å². The molecule has 0 radical (unpaired) electrons. The first-order chi connectivity index (χ1) is 22.1. The summed E-state index contributed by atoms with van der Waals surface area (Å²) < 4.78 is 12.2. The molecule has 12 heteroatoms. The summed E-state index contributed by atoms with van der Waals surface area (Å²) in [5, 5.41) is 14.0. The quantitative estimate of drug-likeness (QED) is 0.0995. The highest BCUT2D eigenvalue weighted by molar-refractivity contribution is 6.07. The van der Waals surface area contributed by atoms with Gasteiger partial charge in [0.2, 0.25) is 0 Å². The van der Waals surface area contributed by atoms with Crippen molar-refractivity contribution in [2.45, 2.75) is 40.7 Å². The maximum atomic E-state index is 13.6. The SMILES string of the molecule is CCOC(=O)CCN(C(=O)c1ccc2c(c1)nc(CNc1ccc(C(=N)NC(=O)OCC(C)C(C)C)cc1)n2C)c1ccccn1. The maximum absolute atomic E-state index is 13.6. The zero-order valence-electron chi connectivity index (χ0n) is 26.9. The molecule has 0 spiro atoms. The Bertz CT molecular complexity index is 1670. The number of rotatable bonds is 13. The van der Waals surface area contributed by atoms with Gasteiger partial charge in [-0.2, -0.15) is 0 Å². The van der Waals surface area contributed by atoms with Crippen molar-refractivity contribution in [2.24, 2.45) is 18.9 Å². The van der Waals surface area contributed by atoms with Crippen LogP contribution in [0.1, 0.15) is 55.9 Å². The molecule has 2 amide bonds. The van der Waals surface area contributed by atoms with Gasteiger partial charge in [-0.15, -0.1) is 0 Å². The third kappa shape index (κ3) is 8.68. The molecule has 12 nitrogen and oxygen atoms in total. The number of benzene rings is 2. The van der Waals surface area contributed by atoms with Crippen LogP contribution >= 0.6 is 0 Å². The Morgan fingerprint density at radius 3 is 2.41 bits per heavy atom. The monoisotopic (exact) mass is 627 g/mol. The number of fused-ring (bicyclic) bond motifs is 1. The number of nitrogens with one attached hydrogen (secondary N) is 3. The van der Waals surface area contributed by atoms with Gasteiger partial charge in [0.25, 0.3) is 5.91 Å². The number of amides is 2. The van der Waals surface area contributed by atoms with Crippen molar-refractivity contribution in [3.63, 3.8) is 0 Å². The number of carbonyl (C=O) groups excluding carboxylic acids is 3. The Kier molecular flexibility index (Phi) is 11.4. The van der Waals surface area contributed by atoms with Crippen LogP contribution in [0.15, 0.2) is 66.9 Å². The fourth-order valence-corrected chi connectivity index (χ4v) is 4.51. The molecule has 4 aromatic rings. The number of imidazole rings is 1. The summed E-state index contributed by atoms with van der Waals surface area (Å²) in [5.74, 6) is 1.08. The van der Waals surface area contributed by atoms with Crippen LogP contribution in [0, 0.1) is 17.2 Å². The van der Waals surface area contributed by atoms with Crippen molar-refractivity contribution in [1.29, 1.82) is 5.41 Å². The van der Waals surface area contributed by atoms with Crippen LogP contribution in [0.4, 0.5) is 16.3 Å². The molecule has 2 heterocycles. The van der Waals surface area contributed by atoms with E-state index in [0.717, 1.165) is 17.0 Å². The molecule has 2 aromatic heterocycles. The largest absolute Gasteiger partial charge is 0.466 e. The minimum absolute atomic E-state index is 0.0424. The average molecular weight is 628 g/mol. The van der Waals surface area contributed by atoms with Crippen molar-refractivity contribution in [1.82, 2.24) is 19.9 Å². The number of nitrogens with zero attached hydrogens (tertiary/aromatic N) is 4. The van der Waals surface area contributed by atoms with Crippen LogP contribution in [0.2, 0.25) is 0 Å². The maximum Gasteiger partial charge on any atom is 0.412 e. The van der Waals surface area contributed by atoms with E-state index in [9.17, 15) is 14.4 Å². The smallest absolute Gasteiger partial charge is 0.412 e. The van der Waals surface area contributed by atoms with E-state index in [1.54, 1.807) is 55.6 Å². The lowest BCUT2D eigenvalue weighted by molar-refractivity contribution is -0.142. The second-order valence-corrected chi connectivity index (χ2v) is 11.2. The molecule has 4 rings (SSSR count). The summed E-state index contributed by atoms with van der Waals surface area (Å²) >= 11 is 0. The number of pyridine rings is 1. The molecule has 1 atom stereocenters. The standard InChI is InChI=1S/C34H41N7O5/c1-6-45-31(42)16-18-41(29-9-7-8-17-36-29)33(43)25-12-15-28-27(19-25)38-30(40(28)5)20-37-26-13-10-24(11-14-26)32(35)39-34(44)46-21-23(4)22(2)3/h7-15,17,19,22-23,37H,6,16,18,20-21H2,1-5H3,(H2,35,39,44). The molecule has 0 aliphatic carbocycles. The minimum Gasteiger partial charge on any atom is -0.466 e. The predicted molar refractivity (Wildman–Crippen MR) is 177 cm³/mol. The van der Waals surface area contributed by atoms with Gasteiger partial charge in [-0.1, -0.05) is 26.8 Å². The molecule has 3 N–H and O–H groups in total. The zero-order chi connectivity index (χ0) is 33.2. The summed E-state index contributed by atoms with van der Waals surface area (Å²) in [6.45, 7) is 8.98. The zero-order valence-corrected chi connectivity index (χ0v) is 26.9. The van der Waals surface area contributed by atoms with Crippen molar-refractivity contribution < 1.29 is 23.9 Å². The number of carbonyl (C=O) groups is 3. The van der Waals surface area contributed by atoms with E-state index in [1.165, 1.54) is 4.90 Å². The second kappa shape index (κ2) is 15.6. The van der Waals surface area contributed by atoms with Crippen LogP contribution in [-0.2, 0) is 27.9 Å². The molecule has 0 fully saturated rings. The Labute approximate surface area is 268 Å². The molecule has 0 saturated carbocycles. The van der Waals surface area contributed by atoms with Crippen LogP contribution in [-0.4, -0.2) is 58.1 Å². The summed E-state index contributed by atoms with van der Waals surface area (Å²) in [7, 11) is 1.91. The highest BCUT2D eigenvalue weighted by Crippen LogP contribution is 2.21. The molecule has 0 aliphatic heterocycles. The first-order valence-corrected chi connectivity index (χ1v) is 15.3. The van der Waals surface area contributed by atoms with Crippen LogP contribution in [0.3, 0.4) is 0 Å². The minimum atomic E-state index is -0.646. The molecule has 1 unspecified atom stereocenters. The molecular formula is C34H41N7O5. The average Bonchev–Trinajstić information content (AvgIpc) is 3.37. The van der Waals surface area contributed by atoms with E-state index in [2.05, 4.69) is 29.5 Å². The van der Waals surface area contributed by atoms with Crippen molar-refractivity contribution in [3.05, 3.63) is 83.8 Å². The van der Waals surface area contributed by atoms with E-state index >= 15 is 0 Å². The van der Waals surface area contributed by atoms with Crippen molar-refractivity contribution in [2.75, 3.05) is 30.0 Å². The summed E-state index contributed by atoms with van der Waals surface area (Å²) in [4.78, 5) is 48.3. The summed E-state index contributed by atoms with van der Waals surface area (Å²) in [5.41, 5.74) is 3.28. The highest BCUT2D eigenvalue weighted by Gasteiger charge is 2.21. The van der Waals surface area contributed by atoms with Crippen LogP contribution in [0.25, 0.3) is 11.0 Å². The van der Waals surface area contributed by atoms with Gasteiger partial charge in [0.1, 0.15) is 17.5 Å². The number of anilines is 2. The molecule has 0 saturated heterocycles. The van der Waals surface area contributed by atoms with Crippen molar-refractivity contribution >= 4 is 46.3 Å². The Hall–Kier alpha value is -5.26. The first-order valence-electron chi connectivity index (χ1n) is 15.3. The number of aromatic nitrogens is 3. The number of hydrogen-bond donors (Lipinski definition) is 3.